The maximum absolute atomic E-state index is 12.9. The Kier molecular flexibility index (Phi) is 4.04. The van der Waals surface area contributed by atoms with E-state index < -0.39 is 5.60 Å². The van der Waals surface area contributed by atoms with E-state index in [1.54, 1.807) is 0 Å². The summed E-state index contributed by atoms with van der Waals surface area (Å²) in [5.41, 5.74) is 6.62. The third-order valence-electron chi connectivity index (χ3n) is 4.80. The SMILES string of the molecule is Nc1nonc1CC(=O)N1Cc2ccccc2OC2(CCOCC2)C1. The quantitative estimate of drug-likeness (QED) is 0.872. The van der Waals surface area contributed by atoms with Gasteiger partial charge in [0.1, 0.15) is 17.0 Å². The number of fused-ring (bicyclic) bond motifs is 1. The second kappa shape index (κ2) is 6.36. The van der Waals surface area contributed by atoms with Crippen LogP contribution in [0.1, 0.15) is 24.1 Å². The molecule has 1 spiro atoms. The van der Waals surface area contributed by atoms with Crippen molar-refractivity contribution in [3.63, 3.8) is 0 Å². The largest absolute Gasteiger partial charge is 0.485 e. The third-order valence-corrected chi connectivity index (χ3v) is 4.80. The predicted molar refractivity (Wildman–Crippen MR) is 87.7 cm³/mol. The maximum atomic E-state index is 12.9. The number of benzene rings is 1. The summed E-state index contributed by atoms with van der Waals surface area (Å²) in [5, 5.41) is 7.24. The first-order chi connectivity index (χ1) is 12.2. The number of carbonyl (C=O) groups excluding carboxylic acids is 1. The van der Waals surface area contributed by atoms with Crippen LogP contribution < -0.4 is 10.5 Å². The molecule has 0 atom stereocenters. The lowest BCUT2D eigenvalue weighted by molar-refractivity contribution is -0.135. The van der Waals surface area contributed by atoms with Gasteiger partial charge in [0.25, 0.3) is 0 Å². The summed E-state index contributed by atoms with van der Waals surface area (Å²) in [5.74, 6) is 0.913. The van der Waals surface area contributed by atoms with Crippen molar-refractivity contribution in [3.05, 3.63) is 35.5 Å². The third kappa shape index (κ3) is 3.17. The Morgan fingerprint density at radius 1 is 1.24 bits per heavy atom. The molecule has 2 aliphatic heterocycles. The number of nitrogens with zero attached hydrogens (tertiary/aromatic N) is 3. The average Bonchev–Trinajstić information content (AvgIpc) is 2.93. The first kappa shape index (κ1) is 15.9. The minimum atomic E-state index is -0.422. The zero-order valence-corrected chi connectivity index (χ0v) is 13.8. The first-order valence-electron chi connectivity index (χ1n) is 8.35. The Hall–Kier alpha value is -2.61. The molecule has 4 rings (SSSR count). The van der Waals surface area contributed by atoms with Crippen LogP contribution in [0.3, 0.4) is 0 Å². The summed E-state index contributed by atoms with van der Waals surface area (Å²) in [6.45, 7) is 2.26. The van der Waals surface area contributed by atoms with Gasteiger partial charge < -0.3 is 20.1 Å². The molecule has 0 unspecified atom stereocenters. The fraction of sp³-hybridized carbons (Fsp3) is 0.471. The van der Waals surface area contributed by atoms with Crippen LogP contribution in [0.4, 0.5) is 5.82 Å². The fourth-order valence-electron chi connectivity index (χ4n) is 3.38. The highest BCUT2D eigenvalue weighted by Gasteiger charge is 2.40. The van der Waals surface area contributed by atoms with E-state index in [2.05, 4.69) is 14.9 Å². The van der Waals surface area contributed by atoms with E-state index in [0.717, 1.165) is 24.2 Å². The van der Waals surface area contributed by atoms with Crippen LogP contribution in [0.15, 0.2) is 28.9 Å². The van der Waals surface area contributed by atoms with Crippen LogP contribution in [0.5, 0.6) is 5.75 Å². The van der Waals surface area contributed by atoms with E-state index in [4.69, 9.17) is 15.2 Å². The van der Waals surface area contributed by atoms with E-state index in [1.807, 2.05) is 29.2 Å². The second-order valence-electron chi connectivity index (χ2n) is 6.53. The number of hydrogen-bond acceptors (Lipinski definition) is 7. The molecule has 8 nitrogen and oxygen atoms in total. The van der Waals surface area contributed by atoms with Crippen molar-refractivity contribution in [3.8, 4) is 5.75 Å². The van der Waals surface area contributed by atoms with Crippen LogP contribution >= 0.6 is 0 Å². The van der Waals surface area contributed by atoms with Gasteiger partial charge in [-0.3, -0.25) is 4.79 Å². The summed E-state index contributed by atoms with van der Waals surface area (Å²) >= 11 is 0. The second-order valence-corrected chi connectivity index (χ2v) is 6.53. The van der Waals surface area contributed by atoms with Gasteiger partial charge in [0.05, 0.1) is 26.2 Å². The first-order valence-corrected chi connectivity index (χ1v) is 8.35. The van der Waals surface area contributed by atoms with E-state index in [0.29, 0.717) is 32.0 Å². The smallest absolute Gasteiger partial charge is 0.229 e. The van der Waals surface area contributed by atoms with Gasteiger partial charge >= 0.3 is 0 Å². The number of ether oxygens (including phenoxy) is 2. The van der Waals surface area contributed by atoms with Gasteiger partial charge in [-0.05, 0) is 11.2 Å². The minimum Gasteiger partial charge on any atom is -0.485 e. The molecule has 2 N–H and O–H groups in total. The van der Waals surface area contributed by atoms with Gasteiger partial charge in [-0.25, -0.2) is 4.63 Å². The van der Waals surface area contributed by atoms with Crippen molar-refractivity contribution < 1.29 is 18.9 Å². The van der Waals surface area contributed by atoms with Crippen LogP contribution in [0.25, 0.3) is 0 Å². The molecular formula is C17H20N4O4. The number of anilines is 1. The van der Waals surface area contributed by atoms with Crippen molar-refractivity contribution in [2.45, 2.75) is 31.4 Å². The van der Waals surface area contributed by atoms with Crippen molar-refractivity contribution in [2.24, 2.45) is 0 Å². The Morgan fingerprint density at radius 2 is 2.04 bits per heavy atom. The molecule has 25 heavy (non-hydrogen) atoms. The van der Waals surface area contributed by atoms with E-state index in [9.17, 15) is 4.79 Å². The van der Waals surface area contributed by atoms with E-state index in [-0.39, 0.29) is 18.1 Å². The molecule has 0 saturated carbocycles. The molecule has 0 radical (unpaired) electrons. The molecule has 1 aromatic carbocycles. The number of nitrogens with two attached hydrogens (primary N) is 1. The highest BCUT2D eigenvalue weighted by molar-refractivity contribution is 5.79. The zero-order chi connectivity index (χ0) is 17.3. The Balaban J connectivity index is 1.62. The average molecular weight is 344 g/mol. The highest BCUT2D eigenvalue weighted by atomic mass is 16.6. The molecule has 1 fully saturated rings. The maximum Gasteiger partial charge on any atom is 0.229 e. The lowest BCUT2D eigenvalue weighted by Gasteiger charge is -2.38. The predicted octanol–water partition coefficient (Wildman–Crippen LogP) is 1.16. The van der Waals surface area contributed by atoms with Gasteiger partial charge in [-0.1, -0.05) is 23.4 Å². The molecule has 1 amide bonds. The molecular weight excluding hydrogens is 324 g/mol. The molecule has 1 saturated heterocycles. The van der Waals surface area contributed by atoms with Gasteiger partial charge in [-0.2, -0.15) is 0 Å². The van der Waals surface area contributed by atoms with Crippen LogP contribution in [0.2, 0.25) is 0 Å². The number of rotatable bonds is 2. The molecule has 0 bridgehead atoms. The highest BCUT2D eigenvalue weighted by Crippen LogP contribution is 2.35. The number of nitrogen functional groups attached to an aromatic ring is 1. The van der Waals surface area contributed by atoms with Gasteiger partial charge in [-0.15, -0.1) is 0 Å². The number of amides is 1. The van der Waals surface area contributed by atoms with E-state index >= 15 is 0 Å². The molecule has 0 aliphatic carbocycles. The van der Waals surface area contributed by atoms with Crippen molar-refractivity contribution in [2.75, 3.05) is 25.5 Å². The molecule has 2 aliphatic rings. The van der Waals surface area contributed by atoms with Crippen LogP contribution in [0, 0.1) is 0 Å². The van der Waals surface area contributed by atoms with Gasteiger partial charge in [0.2, 0.25) is 5.91 Å². The number of carbonyl (C=O) groups is 1. The van der Waals surface area contributed by atoms with Gasteiger partial charge in [0.15, 0.2) is 5.82 Å². The number of aromatic nitrogens is 2. The molecule has 3 heterocycles. The summed E-state index contributed by atoms with van der Waals surface area (Å²) in [6.07, 6.45) is 1.56. The topological polar surface area (TPSA) is 104 Å². The van der Waals surface area contributed by atoms with Crippen LogP contribution in [-0.4, -0.2) is 46.5 Å². The lowest BCUT2D eigenvalue weighted by atomic mass is 9.93. The molecule has 8 heteroatoms. The number of para-hydroxylation sites is 1. The summed E-state index contributed by atoms with van der Waals surface area (Å²) in [6, 6.07) is 7.84. The number of hydrogen-bond donors (Lipinski definition) is 1. The zero-order valence-electron chi connectivity index (χ0n) is 13.8. The minimum absolute atomic E-state index is 0.0596. The summed E-state index contributed by atoms with van der Waals surface area (Å²) in [7, 11) is 0. The summed E-state index contributed by atoms with van der Waals surface area (Å²) in [4.78, 5) is 14.7. The summed E-state index contributed by atoms with van der Waals surface area (Å²) < 4.78 is 16.5. The lowest BCUT2D eigenvalue weighted by Crippen LogP contribution is -2.51. The van der Waals surface area contributed by atoms with Crippen LogP contribution in [-0.2, 0) is 22.5 Å². The van der Waals surface area contributed by atoms with Gasteiger partial charge in [0, 0.05) is 24.9 Å². The normalized spacial score (nSPS) is 19.1. The fourth-order valence-corrected chi connectivity index (χ4v) is 3.38. The Morgan fingerprint density at radius 3 is 2.80 bits per heavy atom. The van der Waals surface area contributed by atoms with Crippen molar-refractivity contribution >= 4 is 11.7 Å². The Bertz CT molecular complexity index is 770. The monoisotopic (exact) mass is 344 g/mol. The van der Waals surface area contributed by atoms with Crippen molar-refractivity contribution in [1.82, 2.24) is 15.2 Å². The molecule has 2 aromatic rings. The molecule has 1 aromatic heterocycles. The van der Waals surface area contributed by atoms with E-state index in [1.165, 1.54) is 0 Å². The standard InChI is InChI=1S/C17H20N4O4/c18-16-13(19-25-20-16)9-15(22)21-10-12-3-1-2-4-14(12)24-17(11-21)5-7-23-8-6-17/h1-4H,5-11H2,(H2,18,20). The molecule has 132 valence electrons. The van der Waals surface area contributed by atoms with Crippen molar-refractivity contribution in [1.29, 1.82) is 0 Å². The Labute approximate surface area is 144 Å².